The molecule has 2 aromatic rings. The Balaban J connectivity index is 2.07. The average Bonchev–Trinajstić information content (AvgIpc) is 2.97. The topological polar surface area (TPSA) is 84.1 Å². The van der Waals surface area contributed by atoms with Crippen LogP contribution in [0.4, 0.5) is 5.69 Å². The van der Waals surface area contributed by atoms with E-state index in [1.807, 2.05) is 0 Å². The second kappa shape index (κ2) is 7.40. The molecule has 22 heavy (non-hydrogen) atoms. The van der Waals surface area contributed by atoms with Gasteiger partial charge in [-0.25, -0.2) is 4.79 Å². The summed E-state index contributed by atoms with van der Waals surface area (Å²) in [4.78, 5) is 23.8. The summed E-state index contributed by atoms with van der Waals surface area (Å²) in [6.45, 7) is 4.11. The minimum absolute atomic E-state index is 0.308. The van der Waals surface area contributed by atoms with Crippen LogP contribution in [0.1, 0.15) is 46.8 Å². The highest BCUT2D eigenvalue weighted by Gasteiger charge is 2.12. The average molecular weight is 301 g/mol. The van der Waals surface area contributed by atoms with Gasteiger partial charge in [0.15, 0.2) is 5.69 Å². The first-order valence-electron chi connectivity index (χ1n) is 7.26. The van der Waals surface area contributed by atoms with Crippen LogP contribution in [-0.4, -0.2) is 28.7 Å². The molecule has 1 heterocycles. The molecule has 6 nitrogen and oxygen atoms in total. The normalized spacial score (nSPS) is 10.3. The van der Waals surface area contributed by atoms with Gasteiger partial charge in [-0.1, -0.05) is 19.4 Å². The molecule has 0 aliphatic carbocycles. The van der Waals surface area contributed by atoms with Crippen molar-refractivity contribution in [2.75, 3.05) is 11.9 Å². The highest BCUT2D eigenvalue weighted by atomic mass is 16.5. The molecule has 0 radical (unpaired) electrons. The number of aromatic amines is 1. The second-order valence-electron chi connectivity index (χ2n) is 4.78. The Kier molecular flexibility index (Phi) is 5.30. The zero-order valence-corrected chi connectivity index (χ0v) is 12.7. The van der Waals surface area contributed by atoms with Crippen molar-refractivity contribution in [3.05, 3.63) is 47.3 Å². The maximum atomic E-state index is 12.1. The Hall–Kier alpha value is -2.63. The van der Waals surface area contributed by atoms with Crippen LogP contribution >= 0.6 is 0 Å². The molecule has 0 saturated heterocycles. The van der Waals surface area contributed by atoms with Gasteiger partial charge in [-0.3, -0.25) is 9.89 Å². The molecule has 1 aromatic carbocycles. The predicted molar refractivity (Wildman–Crippen MR) is 82.9 cm³/mol. The summed E-state index contributed by atoms with van der Waals surface area (Å²) in [5, 5.41) is 9.55. The number of anilines is 1. The SMILES string of the molecule is CCCc1cc(C(=O)Nc2cccc(C(=O)OCC)c2)n[nH]1. The molecule has 0 unspecified atom stereocenters. The van der Waals surface area contributed by atoms with E-state index in [1.165, 1.54) is 0 Å². The molecule has 0 saturated carbocycles. The largest absolute Gasteiger partial charge is 0.462 e. The van der Waals surface area contributed by atoms with E-state index < -0.39 is 5.97 Å². The van der Waals surface area contributed by atoms with Gasteiger partial charge in [0, 0.05) is 11.4 Å². The fourth-order valence-electron chi connectivity index (χ4n) is 2.01. The fraction of sp³-hybridized carbons (Fsp3) is 0.312. The van der Waals surface area contributed by atoms with Gasteiger partial charge in [0.1, 0.15) is 0 Å². The molecule has 2 N–H and O–H groups in total. The number of rotatable bonds is 6. The van der Waals surface area contributed by atoms with Gasteiger partial charge in [-0.2, -0.15) is 5.10 Å². The van der Waals surface area contributed by atoms with E-state index in [0.29, 0.717) is 23.6 Å². The molecule has 1 amide bonds. The Morgan fingerprint density at radius 3 is 2.82 bits per heavy atom. The van der Waals surface area contributed by atoms with Gasteiger partial charge in [0.05, 0.1) is 12.2 Å². The smallest absolute Gasteiger partial charge is 0.338 e. The van der Waals surface area contributed by atoms with Crippen molar-refractivity contribution in [2.24, 2.45) is 0 Å². The Bertz CT molecular complexity index is 664. The molecule has 6 heteroatoms. The summed E-state index contributed by atoms with van der Waals surface area (Å²) >= 11 is 0. The van der Waals surface area contributed by atoms with Crippen LogP contribution in [-0.2, 0) is 11.2 Å². The van der Waals surface area contributed by atoms with Crippen molar-refractivity contribution in [3.8, 4) is 0 Å². The highest BCUT2D eigenvalue weighted by molar-refractivity contribution is 6.03. The van der Waals surface area contributed by atoms with E-state index in [0.717, 1.165) is 18.5 Å². The Labute approximate surface area is 128 Å². The van der Waals surface area contributed by atoms with E-state index in [2.05, 4.69) is 22.4 Å². The first-order valence-corrected chi connectivity index (χ1v) is 7.26. The maximum absolute atomic E-state index is 12.1. The van der Waals surface area contributed by atoms with Crippen molar-refractivity contribution in [2.45, 2.75) is 26.7 Å². The van der Waals surface area contributed by atoms with E-state index in [9.17, 15) is 9.59 Å². The van der Waals surface area contributed by atoms with Crippen molar-refractivity contribution < 1.29 is 14.3 Å². The number of carbonyl (C=O) groups is 2. The molecule has 0 spiro atoms. The molecular formula is C16H19N3O3. The monoisotopic (exact) mass is 301 g/mol. The van der Waals surface area contributed by atoms with Crippen LogP contribution < -0.4 is 5.32 Å². The summed E-state index contributed by atoms with van der Waals surface area (Å²) in [6, 6.07) is 8.35. The second-order valence-corrected chi connectivity index (χ2v) is 4.78. The fourth-order valence-corrected chi connectivity index (χ4v) is 2.01. The predicted octanol–water partition coefficient (Wildman–Crippen LogP) is 2.79. The van der Waals surface area contributed by atoms with E-state index in [-0.39, 0.29) is 5.91 Å². The zero-order valence-electron chi connectivity index (χ0n) is 12.7. The summed E-state index contributed by atoms with van der Waals surface area (Å²) < 4.78 is 4.93. The lowest BCUT2D eigenvalue weighted by Crippen LogP contribution is -2.13. The van der Waals surface area contributed by atoms with E-state index >= 15 is 0 Å². The Morgan fingerprint density at radius 2 is 2.09 bits per heavy atom. The third-order valence-corrected chi connectivity index (χ3v) is 3.01. The number of esters is 1. The number of benzene rings is 1. The Morgan fingerprint density at radius 1 is 1.27 bits per heavy atom. The summed E-state index contributed by atoms with van der Waals surface area (Å²) in [5.74, 6) is -0.733. The lowest BCUT2D eigenvalue weighted by atomic mass is 10.2. The van der Waals surface area contributed by atoms with Crippen molar-refractivity contribution in [3.63, 3.8) is 0 Å². The molecule has 0 atom stereocenters. The summed E-state index contributed by atoms with van der Waals surface area (Å²) in [5.41, 5.74) is 2.17. The lowest BCUT2D eigenvalue weighted by molar-refractivity contribution is 0.0526. The van der Waals surface area contributed by atoms with Gasteiger partial charge in [-0.05, 0) is 37.6 Å². The molecule has 1 aromatic heterocycles. The standard InChI is InChI=1S/C16H19N3O3/c1-3-6-13-10-14(19-18-13)15(20)17-12-8-5-7-11(9-12)16(21)22-4-2/h5,7-10H,3-4,6H2,1-2H3,(H,17,20)(H,18,19). The summed E-state index contributed by atoms with van der Waals surface area (Å²) in [6.07, 6.45) is 1.82. The molecule has 2 rings (SSSR count). The molecule has 0 fully saturated rings. The minimum Gasteiger partial charge on any atom is -0.462 e. The number of nitrogens with one attached hydrogen (secondary N) is 2. The van der Waals surface area contributed by atoms with Crippen LogP contribution in [0, 0.1) is 0 Å². The summed E-state index contributed by atoms with van der Waals surface area (Å²) in [7, 11) is 0. The van der Waals surface area contributed by atoms with Crippen LogP contribution in [0.3, 0.4) is 0 Å². The number of nitrogens with zero attached hydrogens (tertiary/aromatic N) is 1. The van der Waals surface area contributed by atoms with Gasteiger partial charge < -0.3 is 10.1 Å². The number of aryl methyl sites for hydroxylation is 1. The number of aromatic nitrogens is 2. The number of carbonyl (C=O) groups excluding carboxylic acids is 2. The third kappa shape index (κ3) is 3.94. The van der Waals surface area contributed by atoms with Crippen LogP contribution in [0.2, 0.25) is 0 Å². The van der Waals surface area contributed by atoms with Gasteiger partial charge in [0.2, 0.25) is 0 Å². The van der Waals surface area contributed by atoms with Crippen molar-refractivity contribution in [1.82, 2.24) is 10.2 Å². The van der Waals surface area contributed by atoms with Crippen LogP contribution in [0.15, 0.2) is 30.3 Å². The van der Waals surface area contributed by atoms with Crippen molar-refractivity contribution in [1.29, 1.82) is 0 Å². The first-order chi connectivity index (χ1) is 10.6. The molecular weight excluding hydrogens is 282 g/mol. The molecule has 0 aliphatic rings. The molecule has 116 valence electrons. The van der Waals surface area contributed by atoms with E-state index in [4.69, 9.17) is 4.74 Å². The first kappa shape index (κ1) is 15.8. The van der Waals surface area contributed by atoms with Crippen LogP contribution in [0.25, 0.3) is 0 Å². The lowest BCUT2D eigenvalue weighted by Gasteiger charge is -2.06. The number of ether oxygens (including phenoxy) is 1. The van der Waals surface area contributed by atoms with Crippen LogP contribution in [0.5, 0.6) is 0 Å². The van der Waals surface area contributed by atoms with Gasteiger partial charge in [0.25, 0.3) is 5.91 Å². The van der Waals surface area contributed by atoms with Gasteiger partial charge >= 0.3 is 5.97 Å². The third-order valence-electron chi connectivity index (χ3n) is 3.01. The minimum atomic E-state index is -0.413. The number of amides is 1. The van der Waals surface area contributed by atoms with Gasteiger partial charge in [-0.15, -0.1) is 0 Å². The highest BCUT2D eigenvalue weighted by Crippen LogP contribution is 2.13. The zero-order chi connectivity index (χ0) is 15.9. The maximum Gasteiger partial charge on any atom is 0.338 e. The van der Waals surface area contributed by atoms with Crippen molar-refractivity contribution >= 4 is 17.6 Å². The van der Waals surface area contributed by atoms with E-state index in [1.54, 1.807) is 37.3 Å². The molecule has 0 aliphatic heterocycles. The number of H-pyrrole nitrogens is 1. The number of hydrogen-bond acceptors (Lipinski definition) is 4. The molecule has 0 bridgehead atoms. The quantitative estimate of drug-likeness (QED) is 0.804. The number of hydrogen-bond donors (Lipinski definition) is 2.